The molecule has 1 fully saturated rings. The zero-order valence-electron chi connectivity index (χ0n) is 14.8. The molecule has 1 aliphatic rings. The van der Waals surface area contributed by atoms with Crippen molar-refractivity contribution >= 4 is 0 Å². The van der Waals surface area contributed by atoms with Gasteiger partial charge in [-0.15, -0.1) is 0 Å². The summed E-state index contributed by atoms with van der Waals surface area (Å²) in [6, 6.07) is 31.2. The molecule has 0 heterocycles. The van der Waals surface area contributed by atoms with Gasteiger partial charge >= 0.3 is 0 Å². The Kier molecular flexibility index (Phi) is 4.97. The molecule has 0 spiro atoms. The average Bonchev–Trinajstić information content (AvgIpc) is 2.71. The van der Waals surface area contributed by atoms with E-state index in [-0.39, 0.29) is 0 Å². The normalized spacial score (nSPS) is 15.4. The van der Waals surface area contributed by atoms with Crippen LogP contribution in [0.3, 0.4) is 0 Å². The summed E-state index contributed by atoms with van der Waals surface area (Å²) in [6.07, 6.45) is 6.92. The van der Waals surface area contributed by atoms with Crippen LogP contribution >= 0.6 is 0 Å². The highest BCUT2D eigenvalue weighted by atomic mass is 14.2. The Balaban J connectivity index is 1.68. The van der Waals surface area contributed by atoms with Crippen molar-refractivity contribution in [1.29, 1.82) is 0 Å². The number of hydrogen-bond acceptors (Lipinski definition) is 0. The summed E-state index contributed by atoms with van der Waals surface area (Å²) >= 11 is 0. The lowest BCUT2D eigenvalue weighted by Crippen LogP contribution is -2.06. The van der Waals surface area contributed by atoms with Crippen molar-refractivity contribution in [2.24, 2.45) is 0 Å². The van der Waals surface area contributed by atoms with Gasteiger partial charge in [-0.1, -0.05) is 104 Å². The van der Waals surface area contributed by atoms with E-state index >= 15 is 0 Å². The van der Waals surface area contributed by atoms with E-state index in [0.29, 0.717) is 5.92 Å². The fourth-order valence-corrected chi connectivity index (χ4v) is 4.26. The molecule has 0 aliphatic heterocycles. The molecular formula is C25H26. The summed E-state index contributed by atoms with van der Waals surface area (Å²) in [5.74, 6) is 1.08. The molecule has 0 atom stereocenters. The van der Waals surface area contributed by atoms with E-state index in [4.69, 9.17) is 0 Å². The second-order valence-corrected chi connectivity index (χ2v) is 7.26. The number of rotatable bonds is 4. The van der Waals surface area contributed by atoms with Crippen LogP contribution in [0, 0.1) is 0 Å². The number of benzene rings is 3. The molecule has 0 saturated heterocycles. The highest BCUT2D eigenvalue weighted by Crippen LogP contribution is 2.35. The van der Waals surface area contributed by atoms with Crippen LogP contribution in [0.2, 0.25) is 0 Å². The lowest BCUT2D eigenvalue weighted by Gasteiger charge is -2.23. The maximum absolute atomic E-state index is 2.38. The van der Waals surface area contributed by atoms with Crippen LogP contribution in [0.15, 0.2) is 84.9 Å². The van der Waals surface area contributed by atoms with Crippen LogP contribution in [0.4, 0.5) is 0 Å². The highest BCUT2D eigenvalue weighted by molar-refractivity contribution is 5.43. The second-order valence-electron chi connectivity index (χ2n) is 7.26. The first-order chi connectivity index (χ1) is 12.4. The van der Waals surface area contributed by atoms with Crippen LogP contribution in [0.1, 0.15) is 66.2 Å². The Labute approximate surface area is 151 Å². The second kappa shape index (κ2) is 7.70. The fourth-order valence-electron chi connectivity index (χ4n) is 4.26. The zero-order valence-corrected chi connectivity index (χ0v) is 14.8. The molecule has 3 aromatic rings. The zero-order chi connectivity index (χ0) is 16.9. The molecule has 0 bridgehead atoms. The highest BCUT2D eigenvalue weighted by Gasteiger charge is 2.18. The molecule has 4 rings (SSSR count). The van der Waals surface area contributed by atoms with E-state index in [2.05, 4.69) is 84.9 Å². The maximum atomic E-state index is 2.38. The molecular weight excluding hydrogens is 300 g/mol. The van der Waals surface area contributed by atoms with Gasteiger partial charge in [0.15, 0.2) is 0 Å². The van der Waals surface area contributed by atoms with E-state index < -0.39 is 0 Å². The van der Waals surface area contributed by atoms with Crippen molar-refractivity contribution in [1.82, 2.24) is 0 Å². The molecule has 3 aromatic carbocycles. The first-order valence-corrected chi connectivity index (χ1v) is 9.61. The van der Waals surface area contributed by atoms with Gasteiger partial charge in [0.25, 0.3) is 0 Å². The van der Waals surface area contributed by atoms with Crippen LogP contribution in [-0.4, -0.2) is 0 Å². The van der Waals surface area contributed by atoms with Gasteiger partial charge in [0.1, 0.15) is 0 Å². The van der Waals surface area contributed by atoms with E-state index in [9.17, 15) is 0 Å². The molecule has 0 unspecified atom stereocenters. The van der Waals surface area contributed by atoms with Crippen LogP contribution in [-0.2, 0) is 0 Å². The molecule has 1 saturated carbocycles. The Morgan fingerprint density at radius 2 is 1.00 bits per heavy atom. The molecule has 126 valence electrons. The van der Waals surface area contributed by atoms with Crippen LogP contribution in [0.25, 0.3) is 0 Å². The Bertz CT molecular complexity index is 726. The first-order valence-electron chi connectivity index (χ1n) is 9.61. The van der Waals surface area contributed by atoms with Crippen LogP contribution in [0.5, 0.6) is 0 Å². The molecule has 0 radical (unpaired) electrons. The summed E-state index contributed by atoms with van der Waals surface area (Å²) < 4.78 is 0. The molecule has 25 heavy (non-hydrogen) atoms. The van der Waals surface area contributed by atoms with Gasteiger partial charge < -0.3 is 0 Å². The predicted molar refractivity (Wildman–Crippen MR) is 106 cm³/mol. The van der Waals surface area contributed by atoms with Gasteiger partial charge in [-0.2, -0.15) is 0 Å². The minimum Gasteiger partial charge on any atom is -0.0622 e. The van der Waals surface area contributed by atoms with Crippen LogP contribution < -0.4 is 0 Å². The maximum Gasteiger partial charge on any atom is 0.0339 e. The third kappa shape index (κ3) is 3.69. The summed E-state index contributed by atoms with van der Waals surface area (Å²) in [7, 11) is 0. The molecule has 0 nitrogen and oxygen atoms in total. The minimum absolute atomic E-state index is 0.308. The van der Waals surface area contributed by atoms with E-state index in [1.54, 1.807) is 0 Å². The number of hydrogen-bond donors (Lipinski definition) is 0. The third-order valence-electron chi connectivity index (χ3n) is 5.61. The smallest absolute Gasteiger partial charge is 0.0339 e. The first kappa shape index (κ1) is 16.1. The summed E-state index contributed by atoms with van der Waals surface area (Å²) in [4.78, 5) is 0. The van der Waals surface area contributed by atoms with Gasteiger partial charge in [-0.3, -0.25) is 0 Å². The molecule has 0 amide bonds. The van der Waals surface area contributed by atoms with Crippen molar-refractivity contribution in [3.05, 3.63) is 107 Å². The van der Waals surface area contributed by atoms with E-state index in [0.717, 1.165) is 5.92 Å². The van der Waals surface area contributed by atoms with Gasteiger partial charge in [-0.25, -0.2) is 0 Å². The quantitative estimate of drug-likeness (QED) is 0.457. The van der Waals surface area contributed by atoms with Crippen molar-refractivity contribution in [3.63, 3.8) is 0 Å². The minimum atomic E-state index is 0.308. The monoisotopic (exact) mass is 326 g/mol. The summed E-state index contributed by atoms with van der Waals surface area (Å²) in [6.45, 7) is 0. The Morgan fingerprint density at radius 3 is 1.52 bits per heavy atom. The van der Waals surface area contributed by atoms with Gasteiger partial charge in [0, 0.05) is 5.92 Å². The van der Waals surface area contributed by atoms with Crippen molar-refractivity contribution in [3.8, 4) is 0 Å². The lowest BCUT2D eigenvalue weighted by atomic mass is 9.81. The van der Waals surface area contributed by atoms with Gasteiger partial charge in [0.05, 0.1) is 0 Å². The van der Waals surface area contributed by atoms with Crippen molar-refractivity contribution in [2.75, 3.05) is 0 Å². The summed E-state index contributed by atoms with van der Waals surface area (Å²) in [5, 5.41) is 0. The molecule has 0 heteroatoms. The Hall–Kier alpha value is -2.34. The van der Waals surface area contributed by atoms with Crippen molar-refractivity contribution < 1.29 is 0 Å². The largest absolute Gasteiger partial charge is 0.0622 e. The predicted octanol–water partition coefficient (Wildman–Crippen LogP) is 6.91. The molecule has 1 aliphatic carbocycles. The molecule has 0 N–H and O–H groups in total. The molecule has 0 aromatic heterocycles. The van der Waals surface area contributed by atoms with Crippen molar-refractivity contribution in [2.45, 2.75) is 43.9 Å². The van der Waals surface area contributed by atoms with Gasteiger partial charge in [-0.05, 0) is 41.0 Å². The topological polar surface area (TPSA) is 0 Å². The lowest BCUT2D eigenvalue weighted by molar-refractivity contribution is 0.443. The average molecular weight is 326 g/mol. The third-order valence-corrected chi connectivity index (χ3v) is 5.61. The standard InChI is InChI=1S/C25H26/c1-4-10-20(11-5-1)21-16-18-24(19-17-21)25(22-12-6-2-7-13-22)23-14-8-3-9-15-23/h2-3,6-9,12-20,25H,1,4-5,10-11H2. The Morgan fingerprint density at radius 1 is 0.520 bits per heavy atom. The van der Waals surface area contributed by atoms with Gasteiger partial charge in [0.2, 0.25) is 0 Å². The SMILES string of the molecule is c1ccc(C(c2ccccc2)c2ccc(C3CCCCC3)cc2)cc1. The fraction of sp³-hybridized carbons (Fsp3) is 0.280. The van der Waals surface area contributed by atoms with E-state index in [1.165, 1.54) is 54.4 Å². The van der Waals surface area contributed by atoms with E-state index in [1.807, 2.05) is 0 Å². The summed E-state index contributed by atoms with van der Waals surface area (Å²) in [5.41, 5.74) is 5.64.